The third kappa shape index (κ3) is 3.32. The van der Waals surface area contributed by atoms with Crippen LogP contribution in [0.5, 0.6) is 0 Å². The fourth-order valence-electron chi connectivity index (χ4n) is 1.81. The summed E-state index contributed by atoms with van der Waals surface area (Å²) in [6.45, 7) is 3.61. The van der Waals surface area contributed by atoms with Gasteiger partial charge >= 0.3 is 5.97 Å². The minimum atomic E-state index is -0.956. The molecule has 106 valence electrons. The summed E-state index contributed by atoms with van der Waals surface area (Å²) in [6.07, 6.45) is 2.17. The average Bonchev–Trinajstić information content (AvgIpc) is 2.48. The maximum atomic E-state index is 11.9. The van der Waals surface area contributed by atoms with Crippen LogP contribution in [0.4, 0.5) is 0 Å². The lowest BCUT2D eigenvalue weighted by Gasteiger charge is -2.26. The smallest absolute Gasteiger partial charge is 0.311 e. The first kappa shape index (κ1) is 15.6. The minimum absolute atomic E-state index is 0.0514. The van der Waals surface area contributed by atoms with Crippen molar-refractivity contribution < 1.29 is 14.7 Å². The number of nitrogens with one attached hydrogen (secondary N) is 1. The third-order valence-electron chi connectivity index (χ3n) is 3.52. The van der Waals surface area contributed by atoms with Crippen LogP contribution < -0.4 is 5.32 Å². The molecule has 0 aliphatic heterocycles. The highest BCUT2D eigenvalue weighted by molar-refractivity contribution is 5.92. The Labute approximate surface area is 117 Å². The first-order valence-corrected chi connectivity index (χ1v) is 6.37. The molecule has 1 aromatic heterocycles. The van der Waals surface area contributed by atoms with Crippen molar-refractivity contribution in [2.45, 2.75) is 26.7 Å². The van der Waals surface area contributed by atoms with Crippen LogP contribution >= 0.6 is 0 Å². The van der Waals surface area contributed by atoms with Crippen molar-refractivity contribution in [2.24, 2.45) is 5.41 Å². The van der Waals surface area contributed by atoms with Crippen LogP contribution in [0.15, 0.2) is 18.3 Å². The molecule has 0 aliphatic carbocycles. The fourth-order valence-corrected chi connectivity index (χ4v) is 1.81. The molecule has 0 unspecified atom stereocenters. The van der Waals surface area contributed by atoms with Gasteiger partial charge in [0.2, 0.25) is 0 Å². The quantitative estimate of drug-likeness (QED) is 0.820. The summed E-state index contributed by atoms with van der Waals surface area (Å²) < 4.78 is 0. The summed E-state index contributed by atoms with van der Waals surface area (Å²) in [5, 5.41) is 20.5. The zero-order valence-electron chi connectivity index (χ0n) is 11.5. The Balaban J connectivity index is 2.75. The van der Waals surface area contributed by atoms with E-state index in [-0.39, 0.29) is 12.2 Å². The standard InChI is InChI=1S/C14H17N3O3/c1-3-14(4-2,13(19)20)9-17-12(18)11-6-5-10(7-15)8-16-11/h5-6,8H,3-4,9H2,1-2H3,(H,17,18)(H,19,20). The number of carbonyl (C=O) groups excluding carboxylic acids is 1. The van der Waals surface area contributed by atoms with Crippen LogP contribution in [0.3, 0.4) is 0 Å². The van der Waals surface area contributed by atoms with Gasteiger partial charge in [-0.15, -0.1) is 0 Å². The Morgan fingerprint density at radius 2 is 2.05 bits per heavy atom. The van der Waals surface area contributed by atoms with E-state index < -0.39 is 17.3 Å². The van der Waals surface area contributed by atoms with Crippen molar-refractivity contribution in [2.75, 3.05) is 6.54 Å². The first-order chi connectivity index (χ1) is 9.49. The Kier molecular flexibility index (Phi) is 5.21. The highest BCUT2D eigenvalue weighted by atomic mass is 16.4. The fraction of sp³-hybridized carbons (Fsp3) is 0.429. The lowest BCUT2D eigenvalue weighted by molar-refractivity contribution is -0.149. The van der Waals surface area contributed by atoms with E-state index in [1.54, 1.807) is 13.8 Å². The first-order valence-electron chi connectivity index (χ1n) is 6.37. The zero-order chi connectivity index (χ0) is 15.2. The van der Waals surface area contributed by atoms with Gasteiger partial charge in [-0.25, -0.2) is 4.98 Å². The molecule has 20 heavy (non-hydrogen) atoms. The molecule has 6 nitrogen and oxygen atoms in total. The second kappa shape index (κ2) is 6.66. The highest BCUT2D eigenvalue weighted by Crippen LogP contribution is 2.25. The molecule has 0 radical (unpaired) electrons. The van der Waals surface area contributed by atoms with Gasteiger partial charge < -0.3 is 10.4 Å². The van der Waals surface area contributed by atoms with E-state index in [0.29, 0.717) is 18.4 Å². The van der Waals surface area contributed by atoms with Crippen LogP contribution in [0.25, 0.3) is 0 Å². The van der Waals surface area contributed by atoms with Crippen molar-refractivity contribution in [1.82, 2.24) is 10.3 Å². The van der Waals surface area contributed by atoms with E-state index in [1.807, 2.05) is 6.07 Å². The summed E-state index contributed by atoms with van der Waals surface area (Å²) >= 11 is 0. The number of carboxylic acids is 1. The number of nitrogens with zero attached hydrogens (tertiary/aromatic N) is 2. The van der Waals surface area contributed by atoms with Crippen molar-refractivity contribution >= 4 is 11.9 Å². The summed E-state index contributed by atoms with van der Waals surface area (Å²) in [5.41, 5.74) is -0.429. The number of pyridine rings is 1. The highest BCUT2D eigenvalue weighted by Gasteiger charge is 2.35. The van der Waals surface area contributed by atoms with Crippen molar-refractivity contribution in [3.8, 4) is 6.07 Å². The molecule has 1 amide bonds. The van der Waals surface area contributed by atoms with Gasteiger partial charge in [-0.3, -0.25) is 9.59 Å². The summed E-state index contributed by atoms with van der Waals surface area (Å²) in [6, 6.07) is 4.84. The summed E-state index contributed by atoms with van der Waals surface area (Å²) in [7, 11) is 0. The van der Waals surface area contributed by atoms with Crippen LogP contribution in [-0.2, 0) is 4.79 Å². The largest absolute Gasteiger partial charge is 0.481 e. The van der Waals surface area contributed by atoms with Crippen molar-refractivity contribution in [1.29, 1.82) is 5.26 Å². The topological polar surface area (TPSA) is 103 Å². The van der Waals surface area contributed by atoms with Crippen LogP contribution in [0.2, 0.25) is 0 Å². The number of rotatable bonds is 6. The number of nitriles is 1. The second-order valence-corrected chi connectivity index (χ2v) is 4.52. The Morgan fingerprint density at radius 3 is 2.45 bits per heavy atom. The number of hydrogen-bond donors (Lipinski definition) is 2. The van der Waals surface area contributed by atoms with Crippen molar-refractivity contribution in [3.05, 3.63) is 29.6 Å². The number of amides is 1. The maximum Gasteiger partial charge on any atom is 0.311 e. The SMILES string of the molecule is CCC(CC)(CNC(=O)c1ccc(C#N)cn1)C(=O)O. The molecule has 0 atom stereocenters. The van der Waals surface area contributed by atoms with Crippen molar-refractivity contribution in [3.63, 3.8) is 0 Å². The predicted molar refractivity (Wildman–Crippen MR) is 71.9 cm³/mol. The Hall–Kier alpha value is -2.42. The molecule has 0 fully saturated rings. The van der Waals surface area contributed by atoms with E-state index in [9.17, 15) is 14.7 Å². The lowest BCUT2D eigenvalue weighted by Crippen LogP contribution is -2.42. The summed E-state index contributed by atoms with van der Waals surface area (Å²) in [5.74, 6) is -1.36. The number of aromatic nitrogens is 1. The van der Waals surface area contributed by atoms with Gasteiger partial charge in [0.25, 0.3) is 5.91 Å². The van der Waals surface area contributed by atoms with E-state index in [4.69, 9.17) is 5.26 Å². The molecule has 6 heteroatoms. The molecular weight excluding hydrogens is 258 g/mol. The second-order valence-electron chi connectivity index (χ2n) is 4.52. The van der Waals surface area contributed by atoms with Gasteiger partial charge in [-0.05, 0) is 25.0 Å². The van der Waals surface area contributed by atoms with Gasteiger partial charge in [-0.2, -0.15) is 5.26 Å². The molecule has 0 bridgehead atoms. The Bertz CT molecular complexity index is 528. The molecule has 0 saturated carbocycles. The van der Waals surface area contributed by atoms with E-state index in [1.165, 1.54) is 18.3 Å². The van der Waals surface area contributed by atoms with E-state index in [0.717, 1.165) is 0 Å². The number of carbonyl (C=O) groups is 2. The van der Waals surface area contributed by atoms with Crippen LogP contribution in [-0.4, -0.2) is 28.5 Å². The third-order valence-corrected chi connectivity index (χ3v) is 3.52. The molecule has 1 heterocycles. The molecule has 0 spiro atoms. The van der Waals surface area contributed by atoms with Gasteiger partial charge in [-0.1, -0.05) is 13.8 Å². The van der Waals surface area contributed by atoms with Crippen LogP contribution in [0.1, 0.15) is 42.7 Å². The minimum Gasteiger partial charge on any atom is -0.481 e. The zero-order valence-corrected chi connectivity index (χ0v) is 11.5. The maximum absolute atomic E-state index is 11.9. The molecular formula is C14H17N3O3. The predicted octanol–water partition coefficient (Wildman–Crippen LogP) is 1.57. The lowest BCUT2D eigenvalue weighted by atomic mass is 9.82. The molecule has 1 aromatic rings. The average molecular weight is 275 g/mol. The Morgan fingerprint density at radius 1 is 1.40 bits per heavy atom. The van der Waals surface area contributed by atoms with Gasteiger partial charge in [0, 0.05) is 12.7 Å². The van der Waals surface area contributed by atoms with E-state index in [2.05, 4.69) is 10.3 Å². The number of carboxylic acid groups (broad SMARTS) is 1. The molecule has 0 aromatic carbocycles. The molecule has 0 saturated heterocycles. The molecule has 1 rings (SSSR count). The number of aliphatic carboxylic acids is 1. The van der Waals surface area contributed by atoms with Gasteiger partial charge in [0.1, 0.15) is 11.8 Å². The molecule has 2 N–H and O–H groups in total. The van der Waals surface area contributed by atoms with Gasteiger partial charge in [0.15, 0.2) is 0 Å². The summed E-state index contributed by atoms with van der Waals surface area (Å²) in [4.78, 5) is 27.1. The number of hydrogen-bond acceptors (Lipinski definition) is 4. The van der Waals surface area contributed by atoms with E-state index >= 15 is 0 Å². The normalized spacial score (nSPS) is 10.7. The van der Waals surface area contributed by atoms with Gasteiger partial charge in [0.05, 0.1) is 11.0 Å². The monoisotopic (exact) mass is 275 g/mol. The van der Waals surface area contributed by atoms with Crippen LogP contribution in [0, 0.1) is 16.7 Å². The molecule has 0 aliphatic rings.